The smallest absolute Gasteiger partial charge is 0.259 e. The van der Waals surface area contributed by atoms with Crippen LogP contribution >= 0.6 is 11.3 Å². The number of anilines is 2. The summed E-state index contributed by atoms with van der Waals surface area (Å²) >= 11 is 1.44. The molecule has 11 heteroatoms. The largest absolute Gasteiger partial charge is 0.375 e. The highest BCUT2D eigenvalue weighted by Gasteiger charge is 2.45. The van der Waals surface area contributed by atoms with Gasteiger partial charge in [-0.1, -0.05) is 0 Å². The van der Waals surface area contributed by atoms with Crippen molar-refractivity contribution >= 4 is 29.0 Å². The van der Waals surface area contributed by atoms with Crippen molar-refractivity contribution in [1.29, 1.82) is 0 Å². The van der Waals surface area contributed by atoms with Gasteiger partial charge < -0.3 is 15.3 Å². The number of rotatable bonds is 5. The van der Waals surface area contributed by atoms with E-state index in [1.54, 1.807) is 42.5 Å². The molecule has 1 atom stereocenters. The molecule has 0 aromatic carbocycles. The maximum Gasteiger partial charge on any atom is 0.259 e. The summed E-state index contributed by atoms with van der Waals surface area (Å²) in [6.07, 6.45) is 6.90. The fourth-order valence-corrected chi connectivity index (χ4v) is 4.40. The van der Waals surface area contributed by atoms with Crippen LogP contribution in [0, 0.1) is 0 Å². The lowest BCUT2D eigenvalue weighted by atomic mass is 9.92. The molecular weight excluding hydrogens is 428 g/mol. The number of aromatic nitrogens is 6. The number of nitrogens with zero attached hydrogens (tertiary/aromatic N) is 7. The molecule has 0 saturated carbocycles. The van der Waals surface area contributed by atoms with Crippen LogP contribution in [0.2, 0.25) is 0 Å². The highest BCUT2D eigenvalue weighted by molar-refractivity contribution is 7.13. The zero-order chi connectivity index (χ0) is 22.3. The number of aliphatic hydroxyl groups is 1. The van der Waals surface area contributed by atoms with E-state index in [4.69, 9.17) is 4.98 Å². The fourth-order valence-electron chi connectivity index (χ4n) is 3.60. The topological polar surface area (TPSA) is 122 Å². The quantitative estimate of drug-likeness (QED) is 0.476. The van der Waals surface area contributed by atoms with Gasteiger partial charge in [-0.3, -0.25) is 14.5 Å². The number of carbonyl (C=O) groups excluding carboxylic acids is 1. The van der Waals surface area contributed by atoms with Gasteiger partial charge in [0.2, 0.25) is 5.95 Å². The molecule has 4 aromatic rings. The summed E-state index contributed by atoms with van der Waals surface area (Å²) in [5.74, 6) is 0.900. The SMILES string of the molecule is CN1CCC(O)(c2cncc(-c3csc(-c4ccnc(Nc5ccnn5C)n4)n3)c2)C1=O. The number of aryl methyl sites for hydroxylation is 1. The lowest BCUT2D eigenvalue weighted by Crippen LogP contribution is -2.36. The number of nitrogens with one attached hydrogen (secondary N) is 1. The van der Waals surface area contributed by atoms with Gasteiger partial charge in [-0.15, -0.1) is 11.3 Å². The lowest BCUT2D eigenvalue weighted by Gasteiger charge is -2.21. The van der Waals surface area contributed by atoms with Crippen LogP contribution in [0.25, 0.3) is 22.0 Å². The number of likely N-dealkylation sites (N-methyl/N-ethyl adjacent to an activating group) is 1. The maximum absolute atomic E-state index is 12.4. The van der Waals surface area contributed by atoms with Crippen LogP contribution in [0.1, 0.15) is 12.0 Å². The molecule has 5 heterocycles. The molecule has 1 aliphatic heterocycles. The molecule has 1 amide bonds. The summed E-state index contributed by atoms with van der Waals surface area (Å²) < 4.78 is 1.69. The number of pyridine rings is 1. The van der Waals surface area contributed by atoms with Crippen LogP contribution < -0.4 is 5.32 Å². The highest BCUT2D eigenvalue weighted by Crippen LogP contribution is 2.35. The second-order valence-electron chi connectivity index (χ2n) is 7.57. The van der Waals surface area contributed by atoms with Gasteiger partial charge in [0, 0.05) is 68.2 Å². The van der Waals surface area contributed by atoms with Gasteiger partial charge in [-0.05, 0) is 12.1 Å². The Bertz CT molecular complexity index is 1300. The number of hydrogen-bond donors (Lipinski definition) is 2. The number of hydrogen-bond acceptors (Lipinski definition) is 9. The van der Waals surface area contributed by atoms with Gasteiger partial charge >= 0.3 is 0 Å². The van der Waals surface area contributed by atoms with Crippen molar-refractivity contribution in [2.24, 2.45) is 7.05 Å². The summed E-state index contributed by atoms with van der Waals surface area (Å²) in [7, 11) is 3.51. The molecular formula is C21H20N8O2S. The average Bonchev–Trinajstić information content (AvgIpc) is 3.52. The predicted molar refractivity (Wildman–Crippen MR) is 119 cm³/mol. The summed E-state index contributed by atoms with van der Waals surface area (Å²) in [6, 6.07) is 5.40. The first-order valence-electron chi connectivity index (χ1n) is 9.92. The Morgan fingerprint density at radius 2 is 2.03 bits per heavy atom. The summed E-state index contributed by atoms with van der Waals surface area (Å²) in [6.45, 7) is 0.503. The molecule has 1 fully saturated rings. The van der Waals surface area contributed by atoms with Crippen molar-refractivity contribution in [2.45, 2.75) is 12.0 Å². The molecule has 1 unspecified atom stereocenters. The second kappa shape index (κ2) is 7.77. The van der Waals surface area contributed by atoms with Gasteiger partial charge in [-0.25, -0.2) is 15.0 Å². The molecule has 162 valence electrons. The molecule has 0 radical (unpaired) electrons. The predicted octanol–water partition coefficient (Wildman–Crippen LogP) is 2.19. The van der Waals surface area contributed by atoms with Gasteiger partial charge in [-0.2, -0.15) is 5.10 Å². The first-order chi connectivity index (χ1) is 15.4. The van der Waals surface area contributed by atoms with E-state index >= 15 is 0 Å². The van der Waals surface area contributed by atoms with Crippen molar-refractivity contribution in [1.82, 2.24) is 34.6 Å². The molecule has 1 saturated heterocycles. The Hall–Kier alpha value is -3.70. The molecule has 0 aliphatic carbocycles. The standard InChI is InChI=1S/C21H20N8O2S/c1-28-8-5-21(31,19(28)30)14-9-13(10-22-11-14)16-12-32-18(25-16)15-3-6-23-20(26-15)27-17-4-7-24-29(17)2/h3-4,6-7,9-12,31H,5,8H2,1-2H3,(H,23,26,27). The van der Waals surface area contributed by atoms with Crippen molar-refractivity contribution in [3.63, 3.8) is 0 Å². The zero-order valence-corrected chi connectivity index (χ0v) is 18.2. The molecule has 2 N–H and O–H groups in total. The summed E-state index contributed by atoms with van der Waals surface area (Å²) in [5.41, 5.74) is 1.03. The molecule has 10 nitrogen and oxygen atoms in total. The third-order valence-corrected chi connectivity index (χ3v) is 6.33. The van der Waals surface area contributed by atoms with E-state index in [1.165, 1.54) is 22.4 Å². The van der Waals surface area contributed by atoms with E-state index in [2.05, 4.69) is 25.4 Å². The molecule has 4 aromatic heterocycles. The van der Waals surface area contributed by atoms with Crippen molar-refractivity contribution in [3.8, 4) is 22.0 Å². The summed E-state index contributed by atoms with van der Waals surface area (Å²) in [4.78, 5) is 31.7. The fraction of sp³-hybridized carbons (Fsp3) is 0.238. The number of likely N-dealkylation sites (tertiary alicyclic amines) is 1. The van der Waals surface area contributed by atoms with Crippen molar-refractivity contribution < 1.29 is 9.90 Å². The van der Waals surface area contributed by atoms with Gasteiger partial charge in [0.15, 0.2) is 5.60 Å². The first-order valence-corrected chi connectivity index (χ1v) is 10.8. The minimum Gasteiger partial charge on any atom is -0.375 e. The van der Waals surface area contributed by atoms with E-state index in [-0.39, 0.29) is 5.91 Å². The van der Waals surface area contributed by atoms with Crippen LogP contribution in [0.3, 0.4) is 0 Å². The van der Waals surface area contributed by atoms with Crippen LogP contribution in [0.15, 0.2) is 48.4 Å². The number of amides is 1. The monoisotopic (exact) mass is 448 g/mol. The van der Waals surface area contributed by atoms with Crippen molar-refractivity contribution in [3.05, 3.63) is 53.9 Å². The summed E-state index contributed by atoms with van der Waals surface area (Å²) in [5, 5.41) is 20.8. The third kappa shape index (κ3) is 3.51. The molecule has 0 spiro atoms. The molecule has 32 heavy (non-hydrogen) atoms. The van der Waals surface area contributed by atoms with E-state index in [0.717, 1.165) is 16.4 Å². The Balaban J connectivity index is 1.42. The van der Waals surface area contributed by atoms with E-state index in [0.29, 0.717) is 35.9 Å². The van der Waals surface area contributed by atoms with Gasteiger partial charge in [0.25, 0.3) is 5.91 Å². The van der Waals surface area contributed by atoms with E-state index in [9.17, 15) is 9.90 Å². The normalized spacial score (nSPS) is 18.3. The lowest BCUT2D eigenvalue weighted by molar-refractivity contribution is -0.143. The number of thiazole rings is 1. The molecule has 5 rings (SSSR count). The maximum atomic E-state index is 12.4. The Labute approximate surface area is 187 Å². The minimum absolute atomic E-state index is 0.315. The zero-order valence-electron chi connectivity index (χ0n) is 17.4. The van der Waals surface area contributed by atoms with Gasteiger partial charge in [0.05, 0.1) is 11.9 Å². The van der Waals surface area contributed by atoms with Crippen LogP contribution in [0.5, 0.6) is 0 Å². The molecule has 0 bridgehead atoms. The number of carbonyl (C=O) groups is 1. The first kappa shape index (κ1) is 20.2. The van der Waals surface area contributed by atoms with Crippen LogP contribution in [0.4, 0.5) is 11.8 Å². The Morgan fingerprint density at radius 1 is 1.16 bits per heavy atom. The van der Waals surface area contributed by atoms with E-state index in [1.807, 2.05) is 18.5 Å². The Kier molecular flexibility index (Phi) is 4.91. The van der Waals surface area contributed by atoms with E-state index < -0.39 is 5.60 Å². The van der Waals surface area contributed by atoms with Crippen LogP contribution in [-0.4, -0.2) is 59.2 Å². The van der Waals surface area contributed by atoms with Crippen molar-refractivity contribution in [2.75, 3.05) is 18.9 Å². The molecule has 1 aliphatic rings. The Morgan fingerprint density at radius 3 is 2.78 bits per heavy atom. The third-order valence-electron chi connectivity index (χ3n) is 5.46. The average molecular weight is 449 g/mol. The highest BCUT2D eigenvalue weighted by atomic mass is 32.1. The van der Waals surface area contributed by atoms with Crippen LogP contribution in [-0.2, 0) is 17.4 Å². The van der Waals surface area contributed by atoms with Gasteiger partial charge in [0.1, 0.15) is 16.5 Å². The minimum atomic E-state index is -1.55. The second-order valence-corrected chi connectivity index (χ2v) is 8.43.